The Balaban J connectivity index is 2.38. The van der Waals surface area contributed by atoms with E-state index in [0.29, 0.717) is 11.4 Å². The van der Waals surface area contributed by atoms with Crippen LogP contribution in [-0.2, 0) is 9.53 Å². The summed E-state index contributed by atoms with van der Waals surface area (Å²) in [5, 5.41) is 14.7. The number of thioether (sulfide) groups is 1. The summed E-state index contributed by atoms with van der Waals surface area (Å²) >= 11 is 0.980. The summed E-state index contributed by atoms with van der Waals surface area (Å²) in [7, 11) is 1.27. The van der Waals surface area contributed by atoms with Gasteiger partial charge >= 0.3 is 11.7 Å². The number of nitrogens with zero attached hydrogens (tertiary/aromatic N) is 2. The normalized spacial score (nSPS) is 10.2. The lowest BCUT2D eigenvalue weighted by Crippen LogP contribution is -2.06. The average molecular weight is 333 g/mol. The number of aromatic nitrogens is 1. The maximum atomic E-state index is 11.5. The van der Waals surface area contributed by atoms with Crippen molar-refractivity contribution in [1.82, 2.24) is 4.98 Å². The minimum Gasteiger partial charge on any atom is -0.468 e. The van der Waals surface area contributed by atoms with Gasteiger partial charge in [0.15, 0.2) is 5.03 Å². The minimum absolute atomic E-state index is 0.0431. The van der Waals surface area contributed by atoms with E-state index in [1.54, 1.807) is 25.1 Å². The smallest absolute Gasteiger partial charge is 0.324 e. The Labute approximate surface area is 137 Å². The predicted octanol–water partition coefficient (Wildman–Crippen LogP) is 3.31. The van der Waals surface area contributed by atoms with Crippen LogP contribution in [0, 0.1) is 17.0 Å². The molecule has 120 valence electrons. The van der Waals surface area contributed by atoms with Crippen LogP contribution in [0.15, 0.2) is 41.4 Å². The minimum atomic E-state index is -0.503. The number of anilines is 2. The number of esters is 1. The van der Waals surface area contributed by atoms with Crippen LogP contribution in [0.5, 0.6) is 0 Å². The van der Waals surface area contributed by atoms with Gasteiger partial charge in [0, 0.05) is 11.4 Å². The van der Waals surface area contributed by atoms with Gasteiger partial charge in [0.1, 0.15) is 5.69 Å². The highest BCUT2D eigenvalue weighted by Gasteiger charge is 2.23. The number of carbonyl (C=O) groups is 1. The van der Waals surface area contributed by atoms with Gasteiger partial charge in [-0.15, -0.1) is 0 Å². The van der Waals surface area contributed by atoms with Crippen molar-refractivity contribution in [2.45, 2.75) is 11.9 Å². The maximum Gasteiger partial charge on any atom is 0.324 e. The van der Waals surface area contributed by atoms with Gasteiger partial charge in [-0.05, 0) is 25.1 Å². The lowest BCUT2D eigenvalue weighted by Gasteiger charge is -2.10. The van der Waals surface area contributed by atoms with Gasteiger partial charge in [0.05, 0.1) is 17.8 Å². The van der Waals surface area contributed by atoms with E-state index >= 15 is 0 Å². The SMILES string of the molecule is COC(=O)CSc1nc(C)cc(Nc2ccccc2)c1[N+](=O)[O-]. The molecule has 1 aromatic heterocycles. The Bertz CT molecular complexity index is 722. The van der Waals surface area contributed by atoms with Crippen LogP contribution in [0.4, 0.5) is 17.1 Å². The third kappa shape index (κ3) is 4.43. The maximum absolute atomic E-state index is 11.5. The molecule has 0 saturated heterocycles. The largest absolute Gasteiger partial charge is 0.468 e. The number of pyridine rings is 1. The second kappa shape index (κ2) is 7.59. The zero-order valence-electron chi connectivity index (χ0n) is 12.6. The quantitative estimate of drug-likeness (QED) is 0.375. The molecular formula is C15H15N3O4S. The molecule has 0 aliphatic heterocycles. The average Bonchev–Trinajstić information content (AvgIpc) is 2.52. The molecule has 0 bridgehead atoms. The number of ether oxygens (including phenoxy) is 1. The van der Waals surface area contributed by atoms with E-state index in [4.69, 9.17) is 0 Å². The molecule has 2 rings (SSSR count). The molecule has 0 aliphatic rings. The highest BCUT2D eigenvalue weighted by atomic mass is 32.2. The Hall–Kier alpha value is -2.61. The zero-order valence-corrected chi connectivity index (χ0v) is 13.4. The number of para-hydroxylation sites is 1. The standard InChI is InChI=1S/C15H15N3O4S/c1-10-8-12(17-11-6-4-3-5-7-11)14(18(20)21)15(16-10)23-9-13(19)22-2/h3-8H,9H2,1-2H3,(H,16,17). The molecule has 1 heterocycles. The van der Waals surface area contributed by atoms with Crippen molar-refractivity contribution in [2.75, 3.05) is 18.2 Å². The molecule has 0 radical (unpaired) electrons. The van der Waals surface area contributed by atoms with E-state index in [9.17, 15) is 14.9 Å². The molecule has 1 N–H and O–H groups in total. The molecule has 2 aromatic rings. The highest BCUT2D eigenvalue weighted by Crippen LogP contribution is 2.36. The lowest BCUT2D eigenvalue weighted by molar-refractivity contribution is -0.387. The zero-order chi connectivity index (χ0) is 16.8. The van der Waals surface area contributed by atoms with Crippen LogP contribution in [0.3, 0.4) is 0 Å². The first-order valence-electron chi connectivity index (χ1n) is 6.69. The molecule has 0 atom stereocenters. The number of nitro groups is 1. The number of benzene rings is 1. The fourth-order valence-electron chi connectivity index (χ4n) is 1.87. The van der Waals surface area contributed by atoms with E-state index < -0.39 is 10.9 Å². The van der Waals surface area contributed by atoms with E-state index in [1.807, 2.05) is 18.2 Å². The molecule has 0 amide bonds. The first-order chi connectivity index (χ1) is 11.0. The Morgan fingerprint density at radius 3 is 2.70 bits per heavy atom. The van der Waals surface area contributed by atoms with Crippen molar-refractivity contribution in [3.05, 3.63) is 52.2 Å². The number of rotatable bonds is 6. The molecule has 0 fully saturated rings. The highest BCUT2D eigenvalue weighted by molar-refractivity contribution is 8.00. The Morgan fingerprint density at radius 1 is 1.39 bits per heavy atom. The monoisotopic (exact) mass is 333 g/mol. The van der Waals surface area contributed by atoms with Crippen molar-refractivity contribution in [3.63, 3.8) is 0 Å². The Morgan fingerprint density at radius 2 is 2.09 bits per heavy atom. The number of aryl methyl sites for hydroxylation is 1. The molecule has 23 heavy (non-hydrogen) atoms. The van der Waals surface area contributed by atoms with Gasteiger partial charge in [-0.25, -0.2) is 4.98 Å². The van der Waals surface area contributed by atoms with Crippen molar-refractivity contribution >= 4 is 34.8 Å². The molecule has 0 unspecified atom stereocenters. The summed E-state index contributed by atoms with van der Waals surface area (Å²) in [6.07, 6.45) is 0. The van der Waals surface area contributed by atoms with Crippen LogP contribution in [0.1, 0.15) is 5.69 Å². The summed E-state index contributed by atoms with van der Waals surface area (Å²) in [6.45, 7) is 1.74. The number of methoxy groups -OCH3 is 1. The van der Waals surface area contributed by atoms with E-state index in [2.05, 4.69) is 15.0 Å². The predicted molar refractivity (Wildman–Crippen MR) is 88.1 cm³/mol. The van der Waals surface area contributed by atoms with Gasteiger partial charge < -0.3 is 10.1 Å². The van der Waals surface area contributed by atoms with Crippen molar-refractivity contribution in [1.29, 1.82) is 0 Å². The third-order valence-corrected chi connectivity index (χ3v) is 3.82. The summed E-state index contributed by atoms with van der Waals surface area (Å²) in [4.78, 5) is 26.4. The van der Waals surface area contributed by atoms with Gasteiger partial charge in [-0.1, -0.05) is 30.0 Å². The topological polar surface area (TPSA) is 94.4 Å². The van der Waals surface area contributed by atoms with Crippen LogP contribution in [-0.4, -0.2) is 28.7 Å². The first kappa shape index (κ1) is 16.8. The van der Waals surface area contributed by atoms with E-state index in [0.717, 1.165) is 17.4 Å². The molecule has 0 aliphatic carbocycles. The third-order valence-electron chi connectivity index (χ3n) is 2.88. The van der Waals surface area contributed by atoms with E-state index in [1.165, 1.54) is 7.11 Å². The van der Waals surface area contributed by atoms with Crippen LogP contribution in [0.2, 0.25) is 0 Å². The Kier molecular flexibility index (Phi) is 5.53. The number of nitrogens with one attached hydrogen (secondary N) is 1. The molecule has 1 aromatic carbocycles. The van der Waals surface area contributed by atoms with E-state index in [-0.39, 0.29) is 16.5 Å². The number of hydrogen-bond donors (Lipinski definition) is 1. The first-order valence-corrected chi connectivity index (χ1v) is 7.67. The van der Waals surface area contributed by atoms with Crippen molar-refractivity contribution < 1.29 is 14.5 Å². The van der Waals surface area contributed by atoms with Gasteiger partial charge in [-0.3, -0.25) is 14.9 Å². The molecular weight excluding hydrogens is 318 g/mol. The number of hydrogen-bond acceptors (Lipinski definition) is 7. The molecule has 0 saturated carbocycles. The molecule has 0 spiro atoms. The van der Waals surface area contributed by atoms with Gasteiger partial charge in [0.25, 0.3) is 0 Å². The number of carbonyl (C=O) groups excluding carboxylic acids is 1. The summed E-state index contributed by atoms with van der Waals surface area (Å²) in [6, 6.07) is 10.7. The fourth-order valence-corrected chi connectivity index (χ4v) is 2.78. The van der Waals surface area contributed by atoms with Gasteiger partial charge in [-0.2, -0.15) is 0 Å². The fraction of sp³-hybridized carbons (Fsp3) is 0.200. The summed E-state index contributed by atoms with van der Waals surface area (Å²) < 4.78 is 4.56. The van der Waals surface area contributed by atoms with Crippen LogP contribution >= 0.6 is 11.8 Å². The van der Waals surface area contributed by atoms with Gasteiger partial charge in [0.2, 0.25) is 0 Å². The lowest BCUT2D eigenvalue weighted by atomic mass is 10.2. The van der Waals surface area contributed by atoms with Crippen molar-refractivity contribution in [2.24, 2.45) is 0 Å². The summed E-state index contributed by atoms with van der Waals surface area (Å²) in [5.41, 5.74) is 1.51. The van der Waals surface area contributed by atoms with Crippen LogP contribution < -0.4 is 5.32 Å². The van der Waals surface area contributed by atoms with Crippen LogP contribution in [0.25, 0.3) is 0 Å². The molecule has 8 heteroatoms. The van der Waals surface area contributed by atoms with Crippen molar-refractivity contribution in [3.8, 4) is 0 Å². The molecule has 7 nitrogen and oxygen atoms in total. The second-order valence-corrected chi connectivity index (χ2v) is 5.54. The second-order valence-electron chi connectivity index (χ2n) is 4.58. The summed E-state index contributed by atoms with van der Waals surface area (Å²) in [5.74, 6) is -0.511.